The molecule has 0 aromatic carbocycles. The molecule has 0 bridgehead atoms. The van der Waals surface area contributed by atoms with E-state index in [9.17, 15) is 0 Å². The van der Waals surface area contributed by atoms with Gasteiger partial charge in [0.15, 0.2) is 0 Å². The third-order valence-electron chi connectivity index (χ3n) is 2.37. The average molecular weight is 144 g/mol. The molecule has 0 heteroatoms. The molecular weight excluding hydrogens is 120 g/mol. The molecule has 0 saturated heterocycles. The molecule has 10 heavy (non-hydrogen) atoms. The van der Waals surface area contributed by atoms with Gasteiger partial charge in [-0.1, -0.05) is 49.0 Å². The minimum Gasteiger partial charge on any atom is -0.0776 e. The van der Waals surface area contributed by atoms with Gasteiger partial charge in [-0.05, 0) is 17.3 Å². The molecule has 0 radical (unpaired) electrons. The second kappa shape index (κ2) is 4.00. The highest BCUT2D eigenvalue weighted by Gasteiger charge is 2.22. The molecule has 0 unspecified atom stereocenters. The van der Waals surface area contributed by atoms with Crippen LogP contribution in [0.5, 0.6) is 0 Å². The summed E-state index contributed by atoms with van der Waals surface area (Å²) in [5.41, 5.74) is 0.480. The van der Waals surface area contributed by atoms with Crippen LogP contribution in [-0.4, -0.2) is 0 Å². The van der Waals surface area contributed by atoms with Crippen molar-refractivity contribution in [3.05, 3.63) is 0 Å². The molecule has 64 valence electrons. The maximum Gasteiger partial charge on any atom is -0.0354 e. The standard InChI is InChI=1S/C9H20.CH4/c1-7(2)8(3)9(4,5)6;/h7-8H,1-6H3;1H4/t8-;/m1./s1. The Morgan fingerprint density at radius 3 is 1.20 bits per heavy atom. The normalized spacial score (nSPS) is 14.7. The summed E-state index contributed by atoms with van der Waals surface area (Å²) < 4.78 is 0. The number of hydrogen-bond acceptors (Lipinski definition) is 0. The van der Waals surface area contributed by atoms with Crippen molar-refractivity contribution < 1.29 is 0 Å². The zero-order valence-electron chi connectivity index (χ0n) is 7.65. The molecule has 0 aliphatic heterocycles. The molecule has 1 atom stereocenters. The lowest BCUT2D eigenvalue weighted by molar-refractivity contribution is 0.199. The largest absolute Gasteiger partial charge is 0.0776 e. The van der Waals surface area contributed by atoms with Gasteiger partial charge in [-0.15, -0.1) is 0 Å². The Bertz CT molecular complexity index is 74.5. The van der Waals surface area contributed by atoms with Crippen LogP contribution in [0.4, 0.5) is 0 Å². The van der Waals surface area contributed by atoms with Gasteiger partial charge in [-0.25, -0.2) is 0 Å². The molecule has 0 aliphatic carbocycles. The molecule has 0 nitrogen and oxygen atoms in total. The summed E-state index contributed by atoms with van der Waals surface area (Å²) in [5, 5.41) is 0. The zero-order chi connectivity index (χ0) is 7.65. The Morgan fingerprint density at radius 1 is 0.900 bits per heavy atom. The molecule has 0 fully saturated rings. The van der Waals surface area contributed by atoms with Crippen molar-refractivity contribution in [3.63, 3.8) is 0 Å². The van der Waals surface area contributed by atoms with Crippen LogP contribution >= 0.6 is 0 Å². The fraction of sp³-hybridized carbons (Fsp3) is 1.00. The lowest BCUT2D eigenvalue weighted by Crippen LogP contribution is -2.21. The van der Waals surface area contributed by atoms with E-state index in [1.165, 1.54) is 0 Å². The summed E-state index contributed by atoms with van der Waals surface area (Å²) in [6.07, 6.45) is 0. The van der Waals surface area contributed by atoms with E-state index < -0.39 is 0 Å². The molecule has 0 saturated carbocycles. The molecule has 0 rings (SSSR count). The van der Waals surface area contributed by atoms with E-state index in [1.807, 2.05) is 0 Å². The second-order valence-electron chi connectivity index (χ2n) is 4.40. The van der Waals surface area contributed by atoms with Crippen molar-refractivity contribution in [1.82, 2.24) is 0 Å². The molecule has 0 amide bonds. The quantitative estimate of drug-likeness (QED) is 0.522. The smallest absolute Gasteiger partial charge is 0.0354 e. The molecule has 0 aromatic rings. The maximum absolute atomic E-state index is 2.32. The van der Waals surface area contributed by atoms with Gasteiger partial charge >= 0.3 is 0 Å². The first kappa shape index (κ1) is 12.7. The monoisotopic (exact) mass is 144 g/mol. The molecule has 0 aliphatic rings. The lowest BCUT2D eigenvalue weighted by atomic mass is 9.76. The predicted molar refractivity (Wildman–Crippen MR) is 50.2 cm³/mol. The Labute approximate surface area is 67.0 Å². The minimum atomic E-state index is 0. The summed E-state index contributed by atoms with van der Waals surface area (Å²) in [6, 6.07) is 0. The van der Waals surface area contributed by atoms with Crippen LogP contribution in [0.15, 0.2) is 0 Å². The Kier molecular flexibility index (Phi) is 5.06. The Morgan fingerprint density at radius 2 is 1.20 bits per heavy atom. The molecule has 0 N–H and O–H groups in total. The van der Waals surface area contributed by atoms with Crippen molar-refractivity contribution in [2.24, 2.45) is 17.3 Å². The highest BCUT2D eigenvalue weighted by Crippen LogP contribution is 2.30. The average Bonchev–Trinajstić information content (AvgIpc) is 1.62. The van der Waals surface area contributed by atoms with Crippen LogP contribution in [0, 0.1) is 17.3 Å². The van der Waals surface area contributed by atoms with Crippen LogP contribution in [-0.2, 0) is 0 Å². The van der Waals surface area contributed by atoms with Crippen molar-refractivity contribution in [1.29, 1.82) is 0 Å². The van der Waals surface area contributed by atoms with E-state index in [-0.39, 0.29) is 7.43 Å². The highest BCUT2D eigenvalue weighted by molar-refractivity contribution is 4.71. The van der Waals surface area contributed by atoms with Gasteiger partial charge in [-0.2, -0.15) is 0 Å². The fourth-order valence-corrected chi connectivity index (χ4v) is 1.00. The van der Waals surface area contributed by atoms with E-state index in [2.05, 4.69) is 41.5 Å². The Hall–Kier alpha value is 0. The van der Waals surface area contributed by atoms with E-state index in [0.717, 1.165) is 11.8 Å². The van der Waals surface area contributed by atoms with Crippen molar-refractivity contribution >= 4 is 0 Å². The van der Waals surface area contributed by atoms with E-state index >= 15 is 0 Å². The predicted octanol–water partition coefficient (Wildman–Crippen LogP) is 3.96. The number of rotatable bonds is 1. The van der Waals surface area contributed by atoms with Gasteiger partial charge in [0.1, 0.15) is 0 Å². The van der Waals surface area contributed by atoms with Gasteiger partial charge in [0.25, 0.3) is 0 Å². The van der Waals surface area contributed by atoms with E-state index in [0.29, 0.717) is 5.41 Å². The van der Waals surface area contributed by atoms with Crippen molar-refractivity contribution in [2.75, 3.05) is 0 Å². The highest BCUT2D eigenvalue weighted by atomic mass is 14.3. The molecular formula is C10H24. The summed E-state index contributed by atoms with van der Waals surface area (Å²) in [7, 11) is 0. The third kappa shape index (κ3) is 3.92. The van der Waals surface area contributed by atoms with Gasteiger partial charge in [-0.3, -0.25) is 0 Å². The van der Waals surface area contributed by atoms with E-state index in [1.54, 1.807) is 0 Å². The summed E-state index contributed by atoms with van der Waals surface area (Å²) >= 11 is 0. The van der Waals surface area contributed by atoms with Crippen LogP contribution in [0.3, 0.4) is 0 Å². The maximum atomic E-state index is 2.32. The Balaban J connectivity index is 0. The van der Waals surface area contributed by atoms with Gasteiger partial charge in [0.2, 0.25) is 0 Å². The molecule has 0 aromatic heterocycles. The molecule has 0 heterocycles. The first-order valence-electron chi connectivity index (χ1n) is 3.85. The fourth-order valence-electron chi connectivity index (χ4n) is 1.00. The first-order valence-corrected chi connectivity index (χ1v) is 3.85. The van der Waals surface area contributed by atoms with Crippen molar-refractivity contribution in [3.8, 4) is 0 Å². The zero-order valence-corrected chi connectivity index (χ0v) is 7.65. The lowest BCUT2D eigenvalue weighted by Gasteiger charge is -2.30. The van der Waals surface area contributed by atoms with Gasteiger partial charge < -0.3 is 0 Å². The summed E-state index contributed by atoms with van der Waals surface area (Å²) in [6.45, 7) is 13.8. The van der Waals surface area contributed by atoms with E-state index in [4.69, 9.17) is 0 Å². The van der Waals surface area contributed by atoms with Gasteiger partial charge in [0.05, 0.1) is 0 Å². The van der Waals surface area contributed by atoms with Crippen LogP contribution < -0.4 is 0 Å². The molecule has 0 spiro atoms. The third-order valence-corrected chi connectivity index (χ3v) is 2.37. The number of hydrogen-bond donors (Lipinski definition) is 0. The topological polar surface area (TPSA) is 0 Å². The van der Waals surface area contributed by atoms with Crippen LogP contribution in [0.1, 0.15) is 49.0 Å². The SMILES string of the molecule is C.CC(C)[C@@H](C)C(C)(C)C. The summed E-state index contributed by atoms with van der Waals surface area (Å²) in [5.74, 6) is 1.63. The van der Waals surface area contributed by atoms with Crippen LogP contribution in [0.2, 0.25) is 0 Å². The first-order chi connectivity index (χ1) is 3.85. The van der Waals surface area contributed by atoms with Crippen LogP contribution in [0.25, 0.3) is 0 Å². The van der Waals surface area contributed by atoms with Crippen molar-refractivity contribution in [2.45, 2.75) is 49.0 Å². The minimum absolute atomic E-state index is 0. The second-order valence-corrected chi connectivity index (χ2v) is 4.40. The summed E-state index contributed by atoms with van der Waals surface area (Å²) in [4.78, 5) is 0. The van der Waals surface area contributed by atoms with Gasteiger partial charge in [0, 0.05) is 0 Å².